The molecule has 142 valence electrons. The Kier molecular flexibility index (Phi) is 6.01. The largest absolute Gasteiger partial charge is 0.348 e. The molecule has 0 saturated carbocycles. The summed E-state index contributed by atoms with van der Waals surface area (Å²) >= 11 is 5.80. The average Bonchev–Trinajstić information content (AvgIpc) is 2.68. The van der Waals surface area contributed by atoms with Gasteiger partial charge in [0.05, 0.1) is 5.56 Å². The number of benzene rings is 3. The molecule has 0 aliphatic carbocycles. The molecule has 7 heteroatoms. The van der Waals surface area contributed by atoms with Crippen LogP contribution in [0, 0.1) is 11.6 Å². The van der Waals surface area contributed by atoms with E-state index in [0.717, 1.165) is 12.1 Å². The topological polar surface area (TPSA) is 58.2 Å². The molecule has 28 heavy (non-hydrogen) atoms. The maximum absolute atomic E-state index is 13.7. The summed E-state index contributed by atoms with van der Waals surface area (Å²) in [6, 6.07) is 15.8. The van der Waals surface area contributed by atoms with Crippen LogP contribution in [0.25, 0.3) is 0 Å². The lowest BCUT2D eigenvalue weighted by Gasteiger charge is -2.09. The molecule has 0 atom stereocenters. The number of halogens is 3. The van der Waals surface area contributed by atoms with Gasteiger partial charge >= 0.3 is 0 Å². The van der Waals surface area contributed by atoms with Crippen molar-refractivity contribution >= 4 is 29.1 Å². The third kappa shape index (κ3) is 4.92. The van der Waals surface area contributed by atoms with Crippen molar-refractivity contribution < 1.29 is 18.4 Å². The summed E-state index contributed by atoms with van der Waals surface area (Å²) in [6.45, 7) is 0.120. The summed E-state index contributed by atoms with van der Waals surface area (Å²) < 4.78 is 27.0. The summed E-state index contributed by atoms with van der Waals surface area (Å²) in [5.74, 6) is -2.23. The van der Waals surface area contributed by atoms with E-state index >= 15 is 0 Å². The molecule has 3 aromatic carbocycles. The zero-order valence-corrected chi connectivity index (χ0v) is 15.3. The molecular formula is C21H15ClF2N2O2. The van der Waals surface area contributed by atoms with Crippen LogP contribution in [0.15, 0.2) is 66.7 Å². The van der Waals surface area contributed by atoms with Crippen LogP contribution in [0.3, 0.4) is 0 Å². The first kappa shape index (κ1) is 19.5. The zero-order chi connectivity index (χ0) is 20.1. The molecule has 2 N–H and O–H groups in total. The van der Waals surface area contributed by atoms with Crippen molar-refractivity contribution in [3.05, 3.63) is 100 Å². The van der Waals surface area contributed by atoms with Crippen LogP contribution >= 0.6 is 11.6 Å². The van der Waals surface area contributed by atoms with E-state index in [-0.39, 0.29) is 22.7 Å². The Balaban J connectivity index is 1.65. The third-order valence-corrected chi connectivity index (χ3v) is 4.13. The quantitative estimate of drug-likeness (QED) is 0.646. The first-order chi connectivity index (χ1) is 13.4. The van der Waals surface area contributed by atoms with Gasteiger partial charge in [-0.2, -0.15) is 0 Å². The average molecular weight is 401 g/mol. The van der Waals surface area contributed by atoms with Crippen LogP contribution in [0.2, 0.25) is 5.02 Å². The van der Waals surface area contributed by atoms with Gasteiger partial charge in [-0.3, -0.25) is 9.59 Å². The van der Waals surface area contributed by atoms with Crippen molar-refractivity contribution in [2.75, 3.05) is 5.32 Å². The van der Waals surface area contributed by atoms with Crippen LogP contribution in [0.4, 0.5) is 14.5 Å². The van der Waals surface area contributed by atoms with E-state index in [2.05, 4.69) is 10.6 Å². The summed E-state index contributed by atoms with van der Waals surface area (Å²) in [6.07, 6.45) is 0. The summed E-state index contributed by atoms with van der Waals surface area (Å²) in [4.78, 5) is 24.4. The fraction of sp³-hybridized carbons (Fsp3) is 0.0476. The Hall–Kier alpha value is -3.25. The fourth-order valence-corrected chi connectivity index (χ4v) is 2.71. The standard InChI is InChI=1S/C21H15ClF2N2O2/c22-15-7-8-19(24)18(11-15)21(28)25-12-13-3-1-6-17(9-13)26-20(27)14-4-2-5-16(23)10-14/h1-11H,12H2,(H,25,28)(H,26,27). The van der Waals surface area contributed by atoms with Crippen molar-refractivity contribution in [3.63, 3.8) is 0 Å². The van der Waals surface area contributed by atoms with Crippen molar-refractivity contribution in [2.24, 2.45) is 0 Å². The number of carbonyl (C=O) groups is 2. The van der Waals surface area contributed by atoms with Gasteiger partial charge in [0.2, 0.25) is 0 Å². The molecule has 0 radical (unpaired) electrons. The first-order valence-corrected chi connectivity index (χ1v) is 8.69. The molecule has 0 aliphatic heterocycles. The Morgan fingerprint density at radius 3 is 2.46 bits per heavy atom. The molecule has 0 aromatic heterocycles. The predicted molar refractivity (Wildman–Crippen MR) is 103 cm³/mol. The van der Waals surface area contributed by atoms with Crippen LogP contribution in [0.5, 0.6) is 0 Å². The molecule has 0 heterocycles. The van der Waals surface area contributed by atoms with E-state index in [1.54, 1.807) is 24.3 Å². The van der Waals surface area contributed by atoms with Gasteiger partial charge in [-0.1, -0.05) is 29.8 Å². The minimum absolute atomic E-state index is 0.120. The fourth-order valence-electron chi connectivity index (χ4n) is 2.54. The molecule has 2 amide bonds. The lowest BCUT2D eigenvalue weighted by atomic mass is 10.1. The molecule has 0 saturated heterocycles. The van der Waals surface area contributed by atoms with E-state index in [1.807, 2.05) is 0 Å². The van der Waals surface area contributed by atoms with Gasteiger partial charge in [-0.25, -0.2) is 8.78 Å². The van der Waals surface area contributed by atoms with Gasteiger partial charge in [0.25, 0.3) is 11.8 Å². The predicted octanol–water partition coefficient (Wildman–Crippen LogP) is 4.80. The second-order valence-corrected chi connectivity index (χ2v) is 6.41. The van der Waals surface area contributed by atoms with Crippen LogP contribution in [-0.4, -0.2) is 11.8 Å². The molecule has 0 fully saturated rings. The van der Waals surface area contributed by atoms with Gasteiger partial charge in [-0.15, -0.1) is 0 Å². The van der Waals surface area contributed by atoms with Crippen molar-refractivity contribution in [1.29, 1.82) is 0 Å². The third-order valence-electron chi connectivity index (χ3n) is 3.90. The number of nitrogens with one attached hydrogen (secondary N) is 2. The number of hydrogen-bond donors (Lipinski definition) is 2. The maximum atomic E-state index is 13.7. The molecule has 0 bridgehead atoms. The molecule has 4 nitrogen and oxygen atoms in total. The minimum Gasteiger partial charge on any atom is -0.348 e. The van der Waals surface area contributed by atoms with Crippen molar-refractivity contribution in [3.8, 4) is 0 Å². The van der Waals surface area contributed by atoms with E-state index in [9.17, 15) is 18.4 Å². The number of hydrogen-bond acceptors (Lipinski definition) is 2. The number of carbonyl (C=O) groups excluding carboxylic acids is 2. The van der Waals surface area contributed by atoms with Gasteiger partial charge in [0, 0.05) is 22.8 Å². The maximum Gasteiger partial charge on any atom is 0.255 e. The normalized spacial score (nSPS) is 10.4. The Bertz CT molecular complexity index is 1040. The first-order valence-electron chi connectivity index (χ1n) is 8.31. The van der Waals surface area contributed by atoms with Crippen LogP contribution in [0.1, 0.15) is 26.3 Å². The van der Waals surface area contributed by atoms with E-state index in [0.29, 0.717) is 11.3 Å². The van der Waals surface area contributed by atoms with E-state index in [4.69, 9.17) is 11.6 Å². The number of rotatable bonds is 5. The minimum atomic E-state index is -0.669. The zero-order valence-electron chi connectivity index (χ0n) is 14.5. The van der Waals surface area contributed by atoms with Crippen LogP contribution in [-0.2, 0) is 6.54 Å². The van der Waals surface area contributed by atoms with E-state index < -0.39 is 23.4 Å². The van der Waals surface area contributed by atoms with Crippen LogP contribution < -0.4 is 10.6 Å². The highest BCUT2D eigenvalue weighted by molar-refractivity contribution is 6.31. The molecule has 0 spiro atoms. The Morgan fingerprint density at radius 2 is 1.68 bits per heavy atom. The molecule has 3 aromatic rings. The highest BCUT2D eigenvalue weighted by Crippen LogP contribution is 2.16. The summed E-state index contributed by atoms with van der Waals surface area (Å²) in [5.41, 5.74) is 1.21. The molecule has 3 rings (SSSR count). The molecule has 0 aliphatic rings. The highest BCUT2D eigenvalue weighted by Gasteiger charge is 2.12. The van der Waals surface area contributed by atoms with Crippen molar-refractivity contribution in [1.82, 2.24) is 5.32 Å². The number of anilines is 1. The lowest BCUT2D eigenvalue weighted by Crippen LogP contribution is -2.24. The highest BCUT2D eigenvalue weighted by atomic mass is 35.5. The lowest BCUT2D eigenvalue weighted by molar-refractivity contribution is 0.0946. The summed E-state index contributed by atoms with van der Waals surface area (Å²) in [7, 11) is 0. The van der Waals surface area contributed by atoms with Gasteiger partial charge in [0.15, 0.2) is 0 Å². The van der Waals surface area contributed by atoms with Gasteiger partial charge in [-0.05, 0) is 54.1 Å². The van der Waals surface area contributed by atoms with Gasteiger partial charge < -0.3 is 10.6 Å². The SMILES string of the molecule is O=C(Nc1cccc(CNC(=O)c2cc(Cl)ccc2F)c1)c1cccc(F)c1. The van der Waals surface area contributed by atoms with Gasteiger partial charge in [0.1, 0.15) is 11.6 Å². The monoisotopic (exact) mass is 400 g/mol. The Labute approximate surface area is 165 Å². The second kappa shape index (κ2) is 8.63. The summed E-state index contributed by atoms with van der Waals surface area (Å²) in [5, 5.41) is 5.53. The van der Waals surface area contributed by atoms with E-state index in [1.165, 1.54) is 30.3 Å². The molecular weight excluding hydrogens is 386 g/mol. The second-order valence-electron chi connectivity index (χ2n) is 5.97. The Morgan fingerprint density at radius 1 is 0.893 bits per heavy atom. The molecule has 0 unspecified atom stereocenters. The van der Waals surface area contributed by atoms with Crippen molar-refractivity contribution in [2.45, 2.75) is 6.54 Å². The smallest absolute Gasteiger partial charge is 0.255 e. The number of amides is 2.